The zero-order chi connectivity index (χ0) is 13.0. The fraction of sp³-hybridized carbons (Fsp3) is 0.333. The minimum Gasteiger partial charge on any atom is -0.271 e. The smallest absolute Gasteiger partial charge is 0.0539 e. The van der Waals surface area contributed by atoms with E-state index in [0.29, 0.717) is 5.92 Å². The third kappa shape index (κ3) is 2.64. The Bertz CT molecular complexity index is 478. The molecule has 1 heterocycles. The van der Waals surface area contributed by atoms with Gasteiger partial charge in [0.2, 0.25) is 0 Å². The van der Waals surface area contributed by atoms with Crippen molar-refractivity contribution in [2.45, 2.75) is 32.2 Å². The lowest BCUT2D eigenvalue weighted by molar-refractivity contribution is 0.445. The molecule has 18 heavy (non-hydrogen) atoms. The summed E-state index contributed by atoms with van der Waals surface area (Å²) in [5.41, 5.74) is 5.66. The molecule has 0 radical (unpaired) electrons. The maximum atomic E-state index is 5.80. The van der Waals surface area contributed by atoms with E-state index in [0.717, 1.165) is 6.42 Å². The number of thiophene rings is 1. The number of benzene rings is 1. The van der Waals surface area contributed by atoms with Crippen molar-refractivity contribution in [2.24, 2.45) is 5.84 Å². The molecule has 1 aromatic carbocycles. The first-order chi connectivity index (χ1) is 8.77. The highest BCUT2D eigenvalue weighted by atomic mass is 32.1. The summed E-state index contributed by atoms with van der Waals surface area (Å²) in [4.78, 5) is 1.34. The van der Waals surface area contributed by atoms with Crippen molar-refractivity contribution >= 4 is 11.3 Å². The third-order valence-electron chi connectivity index (χ3n) is 3.48. The Hall–Kier alpha value is -1.16. The summed E-state index contributed by atoms with van der Waals surface area (Å²) >= 11 is 1.78. The van der Waals surface area contributed by atoms with Crippen LogP contribution < -0.4 is 11.3 Å². The van der Waals surface area contributed by atoms with Gasteiger partial charge in [0.15, 0.2) is 0 Å². The van der Waals surface area contributed by atoms with Crippen molar-refractivity contribution in [3.8, 4) is 0 Å². The van der Waals surface area contributed by atoms with Crippen LogP contribution in [0.1, 0.15) is 41.3 Å². The van der Waals surface area contributed by atoms with Crippen molar-refractivity contribution in [3.63, 3.8) is 0 Å². The molecule has 2 atom stereocenters. The van der Waals surface area contributed by atoms with Crippen LogP contribution in [0.25, 0.3) is 0 Å². The molecule has 0 bridgehead atoms. The lowest BCUT2D eigenvalue weighted by atomic mass is 9.86. The summed E-state index contributed by atoms with van der Waals surface area (Å²) in [6, 6.07) is 13.0. The number of hydrogen-bond donors (Lipinski definition) is 2. The molecule has 2 rings (SSSR count). The predicted octanol–water partition coefficient (Wildman–Crippen LogP) is 3.75. The summed E-state index contributed by atoms with van der Waals surface area (Å²) in [5.74, 6) is 6.21. The van der Waals surface area contributed by atoms with E-state index in [-0.39, 0.29) is 6.04 Å². The summed E-state index contributed by atoms with van der Waals surface area (Å²) in [6.07, 6.45) is 1.06. The standard InChI is InChI=1S/C15H20N2S/c1-3-13(12-7-5-4-6-8-12)15(17-16)14-9-10-18-11(14)2/h4-10,13,15,17H,3,16H2,1-2H3. The average molecular weight is 260 g/mol. The molecule has 0 fully saturated rings. The second-order valence-corrected chi connectivity index (χ2v) is 5.62. The number of hydrogen-bond acceptors (Lipinski definition) is 3. The molecule has 0 amide bonds. The SMILES string of the molecule is CCC(c1ccccc1)C(NN)c1ccsc1C. The summed E-state index contributed by atoms with van der Waals surface area (Å²) < 4.78 is 0. The van der Waals surface area contributed by atoms with Crippen molar-refractivity contribution in [3.05, 3.63) is 57.8 Å². The van der Waals surface area contributed by atoms with Crippen LogP contribution in [0.5, 0.6) is 0 Å². The fourth-order valence-electron chi connectivity index (χ4n) is 2.50. The minimum atomic E-state index is 0.184. The molecule has 0 saturated carbocycles. The van der Waals surface area contributed by atoms with Gasteiger partial charge in [-0.05, 0) is 35.9 Å². The van der Waals surface area contributed by atoms with Gasteiger partial charge in [0.1, 0.15) is 0 Å². The largest absolute Gasteiger partial charge is 0.271 e. The highest BCUT2D eigenvalue weighted by molar-refractivity contribution is 7.10. The van der Waals surface area contributed by atoms with Gasteiger partial charge in [-0.3, -0.25) is 11.3 Å². The monoisotopic (exact) mass is 260 g/mol. The van der Waals surface area contributed by atoms with Crippen molar-refractivity contribution in [1.82, 2.24) is 5.43 Å². The van der Waals surface area contributed by atoms with Gasteiger partial charge in [0, 0.05) is 10.8 Å². The van der Waals surface area contributed by atoms with Crippen molar-refractivity contribution < 1.29 is 0 Å². The van der Waals surface area contributed by atoms with Gasteiger partial charge >= 0.3 is 0 Å². The Kier molecular flexibility index (Phi) is 4.53. The van der Waals surface area contributed by atoms with Gasteiger partial charge in [-0.15, -0.1) is 11.3 Å². The minimum absolute atomic E-state index is 0.184. The highest BCUT2D eigenvalue weighted by Crippen LogP contribution is 2.35. The van der Waals surface area contributed by atoms with Crippen LogP contribution in [0.15, 0.2) is 41.8 Å². The van der Waals surface area contributed by atoms with Gasteiger partial charge < -0.3 is 0 Å². The molecule has 3 N–H and O–H groups in total. The first kappa shape index (κ1) is 13.3. The number of nitrogens with one attached hydrogen (secondary N) is 1. The van der Waals surface area contributed by atoms with Crippen LogP contribution in [0.3, 0.4) is 0 Å². The molecule has 0 aliphatic carbocycles. The van der Waals surface area contributed by atoms with Crippen LogP contribution in [0, 0.1) is 6.92 Å². The Labute approximate surface area is 113 Å². The van der Waals surface area contributed by atoms with E-state index in [1.807, 2.05) is 0 Å². The topological polar surface area (TPSA) is 38.0 Å². The summed E-state index contributed by atoms with van der Waals surface area (Å²) in [5, 5.41) is 2.13. The summed E-state index contributed by atoms with van der Waals surface area (Å²) in [7, 11) is 0. The second kappa shape index (κ2) is 6.14. The first-order valence-electron chi connectivity index (χ1n) is 6.33. The molecule has 96 valence electrons. The maximum absolute atomic E-state index is 5.80. The van der Waals surface area contributed by atoms with Crippen LogP contribution >= 0.6 is 11.3 Å². The molecule has 0 aliphatic heterocycles. The molecule has 2 aromatic rings. The highest BCUT2D eigenvalue weighted by Gasteiger charge is 2.23. The van der Waals surface area contributed by atoms with Crippen LogP contribution in [-0.4, -0.2) is 0 Å². The van der Waals surface area contributed by atoms with E-state index < -0.39 is 0 Å². The number of hydrazine groups is 1. The van der Waals surface area contributed by atoms with Crippen LogP contribution in [0.4, 0.5) is 0 Å². The number of nitrogens with two attached hydrogens (primary N) is 1. The average Bonchev–Trinajstić information content (AvgIpc) is 2.83. The molecule has 1 aromatic heterocycles. The normalized spacial score (nSPS) is 14.4. The quantitative estimate of drug-likeness (QED) is 0.634. The molecule has 0 spiro atoms. The van der Waals surface area contributed by atoms with E-state index in [9.17, 15) is 0 Å². The lowest BCUT2D eigenvalue weighted by Crippen LogP contribution is -2.32. The zero-order valence-corrected chi connectivity index (χ0v) is 11.7. The number of rotatable bonds is 5. The van der Waals surface area contributed by atoms with E-state index >= 15 is 0 Å². The van der Waals surface area contributed by atoms with E-state index in [2.05, 4.69) is 61.1 Å². The molecular weight excluding hydrogens is 240 g/mol. The summed E-state index contributed by atoms with van der Waals surface area (Å²) in [6.45, 7) is 4.37. The molecule has 3 heteroatoms. The maximum Gasteiger partial charge on any atom is 0.0539 e. The fourth-order valence-corrected chi connectivity index (χ4v) is 3.25. The molecule has 2 nitrogen and oxygen atoms in total. The molecule has 0 saturated heterocycles. The Morgan fingerprint density at radius 3 is 2.44 bits per heavy atom. The Morgan fingerprint density at radius 1 is 1.22 bits per heavy atom. The lowest BCUT2D eigenvalue weighted by Gasteiger charge is -2.26. The molecule has 2 unspecified atom stereocenters. The molecule has 0 aliphatic rings. The molecular formula is C15H20N2S. The Morgan fingerprint density at radius 2 is 1.94 bits per heavy atom. The van der Waals surface area contributed by atoms with Crippen LogP contribution in [0.2, 0.25) is 0 Å². The second-order valence-electron chi connectivity index (χ2n) is 4.50. The van der Waals surface area contributed by atoms with Gasteiger partial charge in [0.05, 0.1) is 6.04 Å². The van der Waals surface area contributed by atoms with E-state index in [1.165, 1.54) is 16.0 Å². The van der Waals surface area contributed by atoms with Crippen molar-refractivity contribution in [2.75, 3.05) is 0 Å². The van der Waals surface area contributed by atoms with E-state index in [4.69, 9.17) is 5.84 Å². The van der Waals surface area contributed by atoms with Gasteiger partial charge in [-0.2, -0.15) is 0 Å². The van der Waals surface area contributed by atoms with E-state index in [1.54, 1.807) is 11.3 Å². The van der Waals surface area contributed by atoms with Gasteiger partial charge in [0.25, 0.3) is 0 Å². The van der Waals surface area contributed by atoms with Gasteiger partial charge in [-0.25, -0.2) is 0 Å². The van der Waals surface area contributed by atoms with Gasteiger partial charge in [-0.1, -0.05) is 37.3 Å². The number of aryl methyl sites for hydroxylation is 1. The van der Waals surface area contributed by atoms with Crippen LogP contribution in [-0.2, 0) is 0 Å². The predicted molar refractivity (Wildman–Crippen MR) is 78.6 cm³/mol. The Balaban J connectivity index is 2.34. The first-order valence-corrected chi connectivity index (χ1v) is 7.21. The van der Waals surface area contributed by atoms with Crippen molar-refractivity contribution in [1.29, 1.82) is 0 Å². The zero-order valence-electron chi connectivity index (χ0n) is 10.9. The third-order valence-corrected chi connectivity index (χ3v) is 4.34.